The van der Waals surface area contributed by atoms with Crippen molar-refractivity contribution in [3.8, 4) is 0 Å². The quantitative estimate of drug-likeness (QED) is 0.669. The second-order valence-electron chi connectivity index (χ2n) is 8.95. The third-order valence-corrected chi connectivity index (χ3v) is 8.26. The Morgan fingerprint density at radius 1 is 1.07 bits per heavy atom. The van der Waals surface area contributed by atoms with Crippen molar-refractivity contribution < 1.29 is 9.84 Å². The zero-order chi connectivity index (χ0) is 20.1. The first-order valence-corrected chi connectivity index (χ1v) is 11.4. The van der Waals surface area contributed by atoms with E-state index in [1.807, 2.05) is 29.5 Å². The number of fused-ring (bicyclic) bond motifs is 4. The van der Waals surface area contributed by atoms with Crippen LogP contribution in [0.3, 0.4) is 0 Å². The Morgan fingerprint density at radius 2 is 1.83 bits per heavy atom. The maximum Gasteiger partial charge on any atom is 0.103 e. The topological polar surface area (TPSA) is 32.7 Å². The van der Waals surface area contributed by atoms with Crippen LogP contribution in [0.1, 0.15) is 35.3 Å². The van der Waals surface area contributed by atoms with Gasteiger partial charge in [-0.2, -0.15) is 0 Å². The summed E-state index contributed by atoms with van der Waals surface area (Å²) in [5.74, 6) is 0.116. The minimum absolute atomic E-state index is 0.116. The second kappa shape index (κ2) is 7.21. The van der Waals surface area contributed by atoms with Gasteiger partial charge in [0.05, 0.1) is 12.2 Å². The summed E-state index contributed by atoms with van der Waals surface area (Å²) in [4.78, 5) is 3.61. The molecule has 29 heavy (non-hydrogen) atoms. The van der Waals surface area contributed by atoms with Gasteiger partial charge in [0.25, 0.3) is 0 Å². The van der Waals surface area contributed by atoms with Crippen LogP contribution in [0, 0.1) is 5.92 Å². The van der Waals surface area contributed by atoms with Gasteiger partial charge in [-0.3, -0.25) is 0 Å². The molecule has 1 saturated carbocycles. The standard InChI is InChI=1S/C25H29NO2S/c1-26(2)17-19-16-24(13-14-25(19,27)18-8-4-3-5-9-18)23-21(12-15-28-24)20-10-6-7-11-22(20)29-23/h3-11,19,27H,12-17H2,1-2H3. The average molecular weight is 408 g/mol. The average Bonchev–Trinajstić information content (AvgIpc) is 3.12. The molecular formula is C25H29NO2S. The minimum Gasteiger partial charge on any atom is -0.385 e. The van der Waals surface area contributed by atoms with E-state index in [-0.39, 0.29) is 11.5 Å². The summed E-state index contributed by atoms with van der Waals surface area (Å²) in [5, 5.41) is 13.3. The molecule has 2 aliphatic rings. The zero-order valence-electron chi connectivity index (χ0n) is 17.2. The Balaban J connectivity index is 1.58. The van der Waals surface area contributed by atoms with Crippen molar-refractivity contribution in [1.29, 1.82) is 0 Å². The maximum absolute atomic E-state index is 11.9. The highest BCUT2D eigenvalue weighted by atomic mass is 32.1. The summed E-state index contributed by atoms with van der Waals surface area (Å²) < 4.78 is 7.94. The predicted molar refractivity (Wildman–Crippen MR) is 119 cm³/mol. The number of ether oxygens (including phenoxy) is 1. The summed E-state index contributed by atoms with van der Waals surface area (Å²) in [5.41, 5.74) is 1.44. The van der Waals surface area contributed by atoms with Crippen molar-refractivity contribution >= 4 is 21.4 Å². The summed E-state index contributed by atoms with van der Waals surface area (Å²) in [6.07, 6.45) is 3.43. The van der Waals surface area contributed by atoms with Crippen molar-refractivity contribution in [2.45, 2.75) is 36.9 Å². The van der Waals surface area contributed by atoms with Gasteiger partial charge in [0.2, 0.25) is 0 Å². The number of hydrogen-bond donors (Lipinski definition) is 1. The van der Waals surface area contributed by atoms with Gasteiger partial charge in [0.1, 0.15) is 5.60 Å². The number of thiophene rings is 1. The van der Waals surface area contributed by atoms with Gasteiger partial charge in [0, 0.05) is 22.0 Å². The highest BCUT2D eigenvalue weighted by molar-refractivity contribution is 7.19. The van der Waals surface area contributed by atoms with E-state index in [0.29, 0.717) is 0 Å². The summed E-state index contributed by atoms with van der Waals surface area (Å²) in [6.45, 7) is 1.61. The van der Waals surface area contributed by atoms with Crippen molar-refractivity contribution in [3.05, 3.63) is 70.6 Å². The molecule has 1 aliphatic carbocycles. The third-order valence-electron chi connectivity index (χ3n) is 6.86. The van der Waals surface area contributed by atoms with Crippen LogP contribution in [0.15, 0.2) is 54.6 Å². The van der Waals surface area contributed by atoms with Crippen LogP contribution in [0.25, 0.3) is 10.1 Å². The van der Waals surface area contributed by atoms with Crippen molar-refractivity contribution in [2.24, 2.45) is 5.92 Å². The van der Waals surface area contributed by atoms with Gasteiger partial charge in [-0.1, -0.05) is 48.5 Å². The first kappa shape index (κ1) is 19.3. The lowest BCUT2D eigenvalue weighted by Crippen LogP contribution is -2.51. The van der Waals surface area contributed by atoms with Gasteiger partial charge in [-0.15, -0.1) is 11.3 Å². The molecule has 0 amide bonds. The molecule has 1 spiro atoms. The van der Waals surface area contributed by atoms with Crippen LogP contribution in [-0.2, 0) is 22.4 Å². The molecule has 152 valence electrons. The largest absolute Gasteiger partial charge is 0.385 e. The maximum atomic E-state index is 11.9. The van der Waals surface area contributed by atoms with E-state index >= 15 is 0 Å². The first-order chi connectivity index (χ1) is 14.0. The van der Waals surface area contributed by atoms with Crippen molar-refractivity contribution in [2.75, 3.05) is 27.2 Å². The molecular weight excluding hydrogens is 378 g/mol. The lowest BCUT2D eigenvalue weighted by Gasteiger charge is -2.51. The third kappa shape index (κ3) is 3.14. The van der Waals surface area contributed by atoms with E-state index in [1.54, 1.807) is 0 Å². The summed E-state index contributed by atoms with van der Waals surface area (Å²) in [6, 6.07) is 19.0. The Morgan fingerprint density at radius 3 is 2.62 bits per heavy atom. The molecule has 5 rings (SSSR count). The second-order valence-corrected chi connectivity index (χ2v) is 10.0. The van der Waals surface area contributed by atoms with Gasteiger partial charge >= 0.3 is 0 Å². The normalized spacial score (nSPS) is 29.4. The van der Waals surface area contributed by atoms with Gasteiger partial charge in [0.15, 0.2) is 0 Å². The summed E-state index contributed by atoms with van der Waals surface area (Å²) in [7, 11) is 4.19. The molecule has 0 radical (unpaired) electrons. The highest BCUT2D eigenvalue weighted by Crippen LogP contribution is 2.55. The molecule has 1 aliphatic heterocycles. The van der Waals surface area contributed by atoms with Crippen LogP contribution in [0.5, 0.6) is 0 Å². The van der Waals surface area contributed by atoms with E-state index in [2.05, 4.69) is 55.4 Å². The summed E-state index contributed by atoms with van der Waals surface area (Å²) >= 11 is 1.90. The Bertz CT molecular complexity index is 1010. The molecule has 3 atom stereocenters. The fourth-order valence-corrected chi connectivity index (χ4v) is 6.93. The predicted octanol–water partition coefficient (Wildman–Crippen LogP) is 4.92. The van der Waals surface area contributed by atoms with Crippen molar-refractivity contribution in [1.82, 2.24) is 4.90 Å². The van der Waals surface area contributed by atoms with Gasteiger partial charge < -0.3 is 14.7 Å². The van der Waals surface area contributed by atoms with E-state index in [4.69, 9.17) is 4.74 Å². The fourth-order valence-electron chi connectivity index (χ4n) is 5.50. The molecule has 1 aromatic heterocycles. The SMILES string of the molecule is CN(C)CC1CC2(CCC1(O)c1ccccc1)OCCc1c2sc2ccccc12. The monoisotopic (exact) mass is 407 g/mol. The lowest BCUT2D eigenvalue weighted by atomic mass is 9.64. The van der Waals surface area contributed by atoms with Gasteiger partial charge in [-0.25, -0.2) is 0 Å². The number of benzene rings is 2. The first-order valence-electron chi connectivity index (χ1n) is 10.6. The van der Waals surface area contributed by atoms with Crippen molar-refractivity contribution in [3.63, 3.8) is 0 Å². The zero-order valence-corrected chi connectivity index (χ0v) is 18.0. The van der Waals surface area contributed by atoms with Crippen LogP contribution in [0.2, 0.25) is 0 Å². The highest BCUT2D eigenvalue weighted by Gasteiger charge is 2.52. The lowest BCUT2D eigenvalue weighted by molar-refractivity contribution is -0.162. The van der Waals surface area contributed by atoms with E-state index in [9.17, 15) is 5.11 Å². The number of nitrogens with zero attached hydrogens (tertiary/aromatic N) is 1. The molecule has 3 aromatic rings. The van der Waals surface area contributed by atoms with E-state index in [0.717, 1.165) is 44.4 Å². The van der Waals surface area contributed by atoms with Crippen LogP contribution in [-0.4, -0.2) is 37.3 Å². The number of rotatable bonds is 3. The van der Waals surface area contributed by atoms with Crippen LogP contribution < -0.4 is 0 Å². The van der Waals surface area contributed by atoms with Crippen LogP contribution in [0.4, 0.5) is 0 Å². The molecule has 4 heteroatoms. The smallest absolute Gasteiger partial charge is 0.103 e. The van der Waals surface area contributed by atoms with E-state index in [1.165, 1.54) is 20.5 Å². The number of aliphatic hydroxyl groups is 1. The Hall–Kier alpha value is -1.72. The Kier molecular flexibility index (Phi) is 4.78. The molecule has 1 fully saturated rings. The van der Waals surface area contributed by atoms with E-state index < -0.39 is 5.60 Å². The molecule has 3 nitrogen and oxygen atoms in total. The van der Waals surface area contributed by atoms with Crippen LogP contribution >= 0.6 is 11.3 Å². The molecule has 2 heterocycles. The number of hydrogen-bond acceptors (Lipinski definition) is 4. The minimum atomic E-state index is -0.811. The van der Waals surface area contributed by atoms with Gasteiger partial charge in [-0.05, 0) is 62.4 Å². The fraction of sp³-hybridized carbons (Fsp3) is 0.440. The molecule has 1 N–H and O–H groups in total. The molecule has 2 aromatic carbocycles. The molecule has 0 saturated heterocycles. The molecule has 3 unspecified atom stereocenters. The molecule has 0 bridgehead atoms. The Labute approximate surface area is 176 Å².